The average molecular weight is 250 g/mol. The Morgan fingerprint density at radius 3 is 2.78 bits per heavy atom. The van der Waals surface area contributed by atoms with Gasteiger partial charge in [0, 0.05) is 6.04 Å². The smallest absolute Gasteiger partial charge is 0.123 e. The Morgan fingerprint density at radius 2 is 2.17 bits per heavy atom. The molecule has 0 heterocycles. The molecule has 18 heavy (non-hydrogen) atoms. The van der Waals surface area contributed by atoms with Crippen molar-refractivity contribution in [3.05, 3.63) is 35.1 Å². The minimum absolute atomic E-state index is 0.147. The zero-order chi connectivity index (χ0) is 13.1. The number of hydrogen-bond acceptors (Lipinski definition) is 2. The fraction of sp³-hybridized carbons (Fsp3) is 0.600. The van der Waals surface area contributed by atoms with Gasteiger partial charge >= 0.3 is 0 Å². The maximum Gasteiger partial charge on any atom is 0.123 e. The zero-order valence-corrected chi connectivity index (χ0v) is 11.2. The van der Waals surface area contributed by atoms with Crippen LogP contribution >= 0.6 is 0 Å². The highest BCUT2D eigenvalue weighted by atomic mass is 19.1. The fourth-order valence-corrected chi connectivity index (χ4v) is 3.25. The molecule has 0 spiro atoms. The van der Waals surface area contributed by atoms with E-state index in [0.29, 0.717) is 5.92 Å². The lowest BCUT2D eigenvalue weighted by molar-refractivity contribution is 0.224. The number of nitrogens with two attached hydrogens (primary N) is 1. The maximum absolute atomic E-state index is 13.2. The molecule has 1 fully saturated rings. The fourth-order valence-electron chi connectivity index (χ4n) is 3.25. The van der Waals surface area contributed by atoms with Crippen molar-refractivity contribution in [1.29, 1.82) is 0 Å². The molecule has 0 bridgehead atoms. The Balaban J connectivity index is 2.21. The second kappa shape index (κ2) is 5.81. The first-order valence-electron chi connectivity index (χ1n) is 6.84. The van der Waals surface area contributed by atoms with Crippen LogP contribution in [-0.4, -0.2) is 0 Å². The molecule has 0 aromatic heterocycles. The Morgan fingerprint density at radius 1 is 1.39 bits per heavy atom. The summed E-state index contributed by atoms with van der Waals surface area (Å²) in [6, 6.07) is 5.13. The standard InChI is InChI=1S/C15H23FN2/c1-10-4-3-5-12(8-10)15(18-17)14-7-6-13(16)9-11(14)2/h6-7,9-10,12,15,18H,3-5,8,17H2,1-2H3. The van der Waals surface area contributed by atoms with E-state index < -0.39 is 0 Å². The second-order valence-electron chi connectivity index (χ2n) is 5.68. The summed E-state index contributed by atoms with van der Waals surface area (Å²) in [6.07, 6.45) is 4.99. The van der Waals surface area contributed by atoms with Gasteiger partial charge in [0.1, 0.15) is 5.82 Å². The molecule has 3 atom stereocenters. The number of hydrogen-bond donors (Lipinski definition) is 2. The first kappa shape index (κ1) is 13.5. The van der Waals surface area contributed by atoms with Crippen molar-refractivity contribution in [1.82, 2.24) is 5.43 Å². The van der Waals surface area contributed by atoms with Crippen LogP contribution in [0.1, 0.15) is 49.8 Å². The highest BCUT2D eigenvalue weighted by Gasteiger charge is 2.27. The van der Waals surface area contributed by atoms with Crippen LogP contribution in [0.25, 0.3) is 0 Å². The molecular weight excluding hydrogens is 227 g/mol. The molecule has 1 aliphatic carbocycles. The molecular formula is C15H23FN2. The first-order valence-corrected chi connectivity index (χ1v) is 6.84. The van der Waals surface area contributed by atoms with Gasteiger partial charge in [0.05, 0.1) is 0 Å². The summed E-state index contributed by atoms with van der Waals surface area (Å²) >= 11 is 0. The molecule has 2 rings (SSSR count). The van der Waals surface area contributed by atoms with Crippen molar-refractivity contribution in [2.24, 2.45) is 17.7 Å². The summed E-state index contributed by atoms with van der Waals surface area (Å²) in [4.78, 5) is 0. The van der Waals surface area contributed by atoms with Crippen LogP contribution in [0, 0.1) is 24.6 Å². The third-order valence-electron chi connectivity index (χ3n) is 4.19. The maximum atomic E-state index is 13.2. The lowest BCUT2D eigenvalue weighted by atomic mass is 9.76. The Hall–Kier alpha value is -0.930. The molecule has 1 aliphatic rings. The lowest BCUT2D eigenvalue weighted by Gasteiger charge is -2.33. The predicted octanol–water partition coefficient (Wildman–Crippen LogP) is 3.46. The molecule has 3 heteroatoms. The number of hydrazine groups is 1. The van der Waals surface area contributed by atoms with Crippen LogP contribution in [0.2, 0.25) is 0 Å². The van der Waals surface area contributed by atoms with Gasteiger partial charge < -0.3 is 0 Å². The van der Waals surface area contributed by atoms with Gasteiger partial charge in [-0.15, -0.1) is 0 Å². The monoisotopic (exact) mass is 250 g/mol. The summed E-state index contributed by atoms with van der Waals surface area (Å²) in [5, 5.41) is 0. The summed E-state index contributed by atoms with van der Waals surface area (Å²) in [6.45, 7) is 4.26. The number of halogens is 1. The van der Waals surface area contributed by atoms with Crippen molar-refractivity contribution in [2.75, 3.05) is 0 Å². The minimum Gasteiger partial charge on any atom is -0.271 e. The molecule has 0 amide bonds. The summed E-state index contributed by atoms with van der Waals surface area (Å²) < 4.78 is 13.2. The first-order chi connectivity index (χ1) is 8.61. The average Bonchev–Trinajstić information content (AvgIpc) is 2.33. The Bertz CT molecular complexity index is 405. The van der Waals surface area contributed by atoms with E-state index in [1.165, 1.54) is 31.7 Å². The van der Waals surface area contributed by atoms with E-state index in [9.17, 15) is 4.39 Å². The predicted molar refractivity (Wildman–Crippen MR) is 72.3 cm³/mol. The van der Waals surface area contributed by atoms with E-state index in [4.69, 9.17) is 5.84 Å². The third kappa shape index (κ3) is 2.90. The zero-order valence-electron chi connectivity index (χ0n) is 11.2. The molecule has 0 radical (unpaired) electrons. The van der Waals surface area contributed by atoms with E-state index >= 15 is 0 Å². The van der Waals surface area contributed by atoms with Crippen LogP contribution in [0.3, 0.4) is 0 Å². The van der Waals surface area contributed by atoms with Gasteiger partial charge in [-0.1, -0.05) is 25.8 Å². The van der Waals surface area contributed by atoms with Crippen molar-refractivity contribution in [2.45, 2.75) is 45.6 Å². The Labute approximate surface area is 109 Å². The second-order valence-corrected chi connectivity index (χ2v) is 5.68. The van der Waals surface area contributed by atoms with E-state index in [-0.39, 0.29) is 11.9 Å². The highest BCUT2D eigenvalue weighted by molar-refractivity contribution is 5.30. The number of benzene rings is 1. The topological polar surface area (TPSA) is 38.0 Å². The van der Waals surface area contributed by atoms with Gasteiger partial charge in [0.15, 0.2) is 0 Å². The minimum atomic E-state index is -0.177. The van der Waals surface area contributed by atoms with Crippen LogP contribution < -0.4 is 11.3 Å². The van der Waals surface area contributed by atoms with Gasteiger partial charge in [0.2, 0.25) is 0 Å². The number of rotatable bonds is 3. The summed E-state index contributed by atoms with van der Waals surface area (Å²) in [5.74, 6) is 6.89. The molecule has 3 unspecified atom stereocenters. The van der Waals surface area contributed by atoms with Crippen LogP contribution in [-0.2, 0) is 0 Å². The third-order valence-corrected chi connectivity index (χ3v) is 4.19. The summed E-state index contributed by atoms with van der Waals surface area (Å²) in [7, 11) is 0. The highest BCUT2D eigenvalue weighted by Crippen LogP contribution is 2.37. The molecule has 3 N–H and O–H groups in total. The molecule has 1 aromatic carbocycles. The van der Waals surface area contributed by atoms with Gasteiger partial charge in [-0.25, -0.2) is 4.39 Å². The number of aryl methyl sites for hydroxylation is 1. The van der Waals surface area contributed by atoms with E-state index in [0.717, 1.165) is 17.0 Å². The van der Waals surface area contributed by atoms with Gasteiger partial charge in [-0.3, -0.25) is 11.3 Å². The van der Waals surface area contributed by atoms with Gasteiger partial charge in [0.25, 0.3) is 0 Å². The van der Waals surface area contributed by atoms with Crippen molar-refractivity contribution in [3.8, 4) is 0 Å². The molecule has 2 nitrogen and oxygen atoms in total. The van der Waals surface area contributed by atoms with Crippen LogP contribution in [0.4, 0.5) is 4.39 Å². The van der Waals surface area contributed by atoms with Crippen LogP contribution in [0.15, 0.2) is 18.2 Å². The molecule has 1 saturated carbocycles. The molecule has 0 aliphatic heterocycles. The Kier molecular flexibility index (Phi) is 4.36. The van der Waals surface area contributed by atoms with E-state index in [2.05, 4.69) is 12.3 Å². The molecule has 1 aromatic rings. The molecule has 0 saturated heterocycles. The normalized spacial score (nSPS) is 26.0. The largest absolute Gasteiger partial charge is 0.271 e. The van der Waals surface area contributed by atoms with Crippen molar-refractivity contribution < 1.29 is 4.39 Å². The van der Waals surface area contributed by atoms with E-state index in [1.807, 2.05) is 13.0 Å². The number of nitrogens with one attached hydrogen (secondary N) is 1. The van der Waals surface area contributed by atoms with E-state index in [1.54, 1.807) is 6.07 Å². The van der Waals surface area contributed by atoms with Crippen LogP contribution in [0.5, 0.6) is 0 Å². The van der Waals surface area contributed by atoms with Crippen molar-refractivity contribution in [3.63, 3.8) is 0 Å². The molecule has 100 valence electrons. The van der Waals surface area contributed by atoms with Gasteiger partial charge in [-0.2, -0.15) is 0 Å². The lowest BCUT2D eigenvalue weighted by Crippen LogP contribution is -2.36. The van der Waals surface area contributed by atoms with Gasteiger partial charge in [-0.05, 0) is 54.9 Å². The quantitative estimate of drug-likeness (QED) is 0.637. The summed E-state index contributed by atoms with van der Waals surface area (Å²) in [5.41, 5.74) is 5.07. The van der Waals surface area contributed by atoms with Crippen molar-refractivity contribution >= 4 is 0 Å². The SMILES string of the molecule is Cc1cc(F)ccc1C(NN)C1CCCC(C)C1.